The maximum atomic E-state index is 11.8. The van der Waals surface area contributed by atoms with E-state index in [1.165, 1.54) is 12.8 Å². The summed E-state index contributed by atoms with van der Waals surface area (Å²) < 4.78 is 0. The number of hydrogen-bond donors (Lipinski definition) is 1. The van der Waals surface area contributed by atoms with Crippen molar-refractivity contribution in [2.45, 2.75) is 51.1 Å². The standard InChI is InChI=1S/C18H21ClN4O2/c1-18(20-22-23-21-18)15-9-8-13(11-16(15)19)14(17(24)25)10-12-6-4-2-3-5-7-12/h8-12H,2-7H2,1H3,(H,24,25)/b14-10+. The van der Waals surface area contributed by atoms with Crippen molar-refractivity contribution in [1.82, 2.24) is 0 Å². The Hall–Kier alpha value is -2.08. The van der Waals surface area contributed by atoms with Crippen molar-refractivity contribution in [3.63, 3.8) is 0 Å². The third-order valence-corrected chi connectivity index (χ3v) is 5.15. The SMILES string of the molecule is CC1(c2ccc(/C(=C\C3CCCCCC3)C(=O)O)cc2Cl)N=NN=N1. The number of hydrogen-bond acceptors (Lipinski definition) is 5. The minimum absolute atomic E-state index is 0.306. The summed E-state index contributed by atoms with van der Waals surface area (Å²) in [6, 6.07) is 5.18. The second kappa shape index (κ2) is 7.44. The van der Waals surface area contributed by atoms with Crippen molar-refractivity contribution < 1.29 is 9.90 Å². The molecule has 1 aromatic carbocycles. The summed E-state index contributed by atoms with van der Waals surface area (Å²) >= 11 is 6.39. The fourth-order valence-corrected chi connectivity index (χ4v) is 3.77. The highest BCUT2D eigenvalue weighted by Gasteiger charge is 2.32. The van der Waals surface area contributed by atoms with Crippen molar-refractivity contribution >= 4 is 23.1 Å². The molecule has 1 aliphatic carbocycles. The average molecular weight is 361 g/mol. The van der Waals surface area contributed by atoms with E-state index in [0.717, 1.165) is 25.7 Å². The van der Waals surface area contributed by atoms with E-state index in [0.29, 0.717) is 27.6 Å². The van der Waals surface area contributed by atoms with E-state index in [9.17, 15) is 9.90 Å². The number of carboxylic acids is 1. The maximum Gasteiger partial charge on any atom is 0.335 e. The van der Waals surface area contributed by atoms with E-state index in [2.05, 4.69) is 20.7 Å². The van der Waals surface area contributed by atoms with Gasteiger partial charge in [-0.2, -0.15) is 0 Å². The Labute approximate surface area is 151 Å². The van der Waals surface area contributed by atoms with Crippen LogP contribution in [0, 0.1) is 5.92 Å². The topological polar surface area (TPSA) is 86.7 Å². The van der Waals surface area contributed by atoms with Gasteiger partial charge in [0.25, 0.3) is 0 Å². The minimum Gasteiger partial charge on any atom is -0.478 e. The molecule has 6 nitrogen and oxygen atoms in total. The minimum atomic E-state index is -0.940. The van der Waals surface area contributed by atoms with Gasteiger partial charge in [0.1, 0.15) is 0 Å². The van der Waals surface area contributed by atoms with Crippen molar-refractivity contribution in [2.24, 2.45) is 26.6 Å². The van der Waals surface area contributed by atoms with Crippen molar-refractivity contribution in [3.8, 4) is 0 Å². The third-order valence-electron chi connectivity index (χ3n) is 4.84. The van der Waals surface area contributed by atoms with Gasteiger partial charge in [-0.15, -0.1) is 10.2 Å². The second-order valence-electron chi connectivity index (χ2n) is 6.73. The first-order valence-electron chi connectivity index (χ1n) is 8.59. The number of carboxylic acid groups (broad SMARTS) is 1. The van der Waals surface area contributed by atoms with E-state index in [4.69, 9.17) is 11.6 Å². The lowest BCUT2D eigenvalue weighted by molar-refractivity contribution is -0.130. The highest BCUT2D eigenvalue weighted by molar-refractivity contribution is 6.32. The molecule has 1 fully saturated rings. The smallest absolute Gasteiger partial charge is 0.335 e. The Balaban J connectivity index is 1.92. The fourth-order valence-electron chi connectivity index (χ4n) is 3.41. The van der Waals surface area contributed by atoms with Gasteiger partial charge < -0.3 is 5.11 Å². The first-order chi connectivity index (χ1) is 12.0. The van der Waals surface area contributed by atoms with E-state index >= 15 is 0 Å². The van der Waals surface area contributed by atoms with Crippen LogP contribution in [0.15, 0.2) is 45.0 Å². The zero-order chi connectivity index (χ0) is 17.9. The molecule has 1 aliphatic heterocycles. The van der Waals surface area contributed by atoms with E-state index in [1.54, 1.807) is 25.1 Å². The molecule has 0 atom stereocenters. The molecule has 25 heavy (non-hydrogen) atoms. The van der Waals surface area contributed by atoms with Gasteiger partial charge in [-0.25, -0.2) is 4.79 Å². The molecular formula is C18H21ClN4O2. The molecule has 1 saturated carbocycles. The zero-order valence-electron chi connectivity index (χ0n) is 14.2. The van der Waals surface area contributed by atoms with Gasteiger partial charge in [0.05, 0.1) is 5.57 Å². The predicted octanol–water partition coefficient (Wildman–Crippen LogP) is 5.78. The summed E-state index contributed by atoms with van der Waals surface area (Å²) in [7, 11) is 0. The van der Waals surface area contributed by atoms with Crippen LogP contribution in [-0.2, 0) is 10.5 Å². The van der Waals surface area contributed by atoms with Crippen LogP contribution in [-0.4, -0.2) is 11.1 Å². The molecule has 1 N–H and O–H groups in total. The van der Waals surface area contributed by atoms with Crippen molar-refractivity contribution in [2.75, 3.05) is 0 Å². The molecule has 3 rings (SSSR count). The van der Waals surface area contributed by atoms with Gasteiger partial charge in [0.15, 0.2) is 0 Å². The van der Waals surface area contributed by atoms with E-state index < -0.39 is 11.6 Å². The van der Waals surface area contributed by atoms with Crippen LogP contribution < -0.4 is 0 Å². The third kappa shape index (κ3) is 3.95. The molecule has 7 heteroatoms. The van der Waals surface area contributed by atoms with E-state index in [1.807, 2.05) is 6.08 Å². The molecule has 1 heterocycles. The number of nitrogens with zero attached hydrogens (tertiary/aromatic N) is 4. The number of halogens is 1. The van der Waals surface area contributed by atoms with Crippen LogP contribution in [0.2, 0.25) is 5.02 Å². The highest BCUT2D eigenvalue weighted by Crippen LogP contribution is 2.37. The van der Waals surface area contributed by atoms with Gasteiger partial charge >= 0.3 is 5.97 Å². The lowest BCUT2D eigenvalue weighted by Gasteiger charge is -2.17. The monoisotopic (exact) mass is 360 g/mol. The first kappa shape index (κ1) is 17.7. The Morgan fingerprint density at radius 1 is 1.20 bits per heavy atom. The molecule has 0 amide bonds. The largest absolute Gasteiger partial charge is 0.478 e. The van der Waals surface area contributed by atoms with Gasteiger partial charge in [-0.05, 0) is 47.8 Å². The molecule has 1 aromatic rings. The molecule has 132 valence electrons. The van der Waals surface area contributed by atoms with Crippen LogP contribution in [0.1, 0.15) is 56.6 Å². The van der Waals surface area contributed by atoms with Crippen LogP contribution in [0.25, 0.3) is 5.57 Å². The normalized spacial score (nSPS) is 20.6. The Bertz CT molecular complexity index is 737. The molecule has 0 unspecified atom stereocenters. The molecule has 0 bridgehead atoms. The summed E-state index contributed by atoms with van der Waals surface area (Å²) in [6.45, 7) is 1.76. The molecule has 0 radical (unpaired) electrons. The van der Waals surface area contributed by atoms with Crippen LogP contribution in [0.4, 0.5) is 0 Å². The van der Waals surface area contributed by atoms with Crippen LogP contribution in [0.3, 0.4) is 0 Å². The van der Waals surface area contributed by atoms with Crippen LogP contribution in [0.5, 0.6) is 0 Å². The van der Waals surface area contributed by atoms with E-state index in [-0.39, 0.29) is 0 Å². The Morgan fingerprint density at radius 2 is 1.84 bits per heavy atom. The van der Waals surface area contributed by atoms with Crippen molar-refractivity contribution in [3.05, 3.63) is 40.4 Å². The molecule has 0 aromatic heterocycles. The fraction of sp³-hybridized carbons (Fsp3) is 0.500. The molecule has 0 saturated heterocycles. The average Bonchev–Trinajstić information content (AvgIpc) is 2.86. The lowest BCUT2D eigenvalue weighted by atomic mass is 9.93. The first-order valence-corrected chi connectivity index (χ1v) is 8.97. The summed E-state index contributed by atoms with van der Waals surface area (Å²) in [5.74, 6) is -0.624. The summed E-state index contributed by atoms with van der Waals surface area (Å²) in [4.78, 5) is 11.8. The van der Waals surface area contributed by atoms with Gasteiger partial charge in [-0.1, -0.05) is 55.5 Å². The molecular weight excluding hydrogens is 340 g/mol. The second-order valence-corrected chi connectivity index (χ2v) is 7.14. The summed E-state index contributed by atoms with van der Waals surface area (Å²) in [5, 5.41) is 25.1. The van der Waals surface area contributed by atoms with Gasteiger partial charge in [0, 0.05) is 10.6 Å². The number of carbonyl (C=O) groups is 1. The van der Waals surface area contributed by atoms with Crippen molar-refractivity contribution in [1.29, 1.82) is 0 Å². The number of benzene rings is 1. The maximum absolute atomic E-state index is 11.8. The zero-order valence-corrected chi connectivity index (χ0v) is 14.9. The Kier molecular flexibility index (Phi) is 5.27. The highest BCUT2D eigenvalue weighted by atomic mass is 35.5. The number of aliphatic carboxylic acids is 1. The molecule has 2 aliphatic rings. The summed E-state index contributed by atoms with van der Waals surface area (Å²) in [5.41, 5.74) is 0.618. The van der Waals surface area contributed by atoms with Gasteiger partial charge in [-0.3, -0.25) is 0 Å². The lowest BCUT2D eigenvalue weighted by Crippen LogP contribution is -2.14. The number of allylic oxidation sites excluding steroid dienone is 1. The summed E-state index contributed by atoms with van der Waals surface area (Å²) in [6.07, 6.45) is 8.76. The Morgan fingerprint density at radius 3 is 2.40 bits per heavy atom. The number of rotatable bonds is 4. The van der Waals surface area contributed by atoms with Crippen LogP contribution >= 0.6 is 11.6 Å². The molecule has 0 spiro atoms. The van der Waals surface area contributed by atoms with Gasteiger partial charge in [0.2, 0.25) is 5.66 Å². The quantitative estimate of drug-likeness (QED) is 0.544. The predicted molar refractivity (Wildman–Crippen MR) is 95.3 cm³/mol.